The van der Waals surface area contributed by atoms with Gasteiger partial charge in [-0.15, -0.1) is 5.10 Å². The van der Waals surface area contributed by atoms with Crippen LogP contribution in [0.15, 0.2) is 6.20 Å². The van der Waals surface area contributed by atoms with E-state index in [1.54, 1.807) is 10.9 Å². The molecule has 0 bridgehead atoms. The van der Waals surface area contributed by atoms with Gasteiger partial charge in [0.15, 0.2) is 5.69 Å². The Kier molecular flexibility index (Phi) is 5.68. The van der Waals surface area contributed by atoms with Crippen LogP contribution in [0.5, 0.6) is 0 Å². The second-order valence-corrected chi connectivity index (χ2v) is 5.24. The molecule has 8 heteroatoms. The summed E-state index contributed by atoms with van der Waals surface area (Å²) in [7, 11) is 0. The van der Waals surface area contributed by atoms with Crippen LogP contribution in [-0.2, 0) is 4.79 Å². The largest absolute Gasteiger partial charge is 0.370 e. The van der Waals surface area contributed by atoms with Crippen molar-refractivity contribution in [2.45, 2.75) is 38.1 Å². The highest BCUT2D eigenvalue weighted by molar-refractivity contribution is 5.91. The van der Waals surface area contributed by atoms with Crippen molar-refractivity contribution in [2.75, 3.05) is 19.6 Å². The summed E-state index contributed by atoms with van der Waals surface area (Å²) in [4.78, 5) is 22.5. The van der Waals surface area contributed by atoms with E-state index in [1.807, 2.05) is 0 Å². The number of hydrogen-bond donors (Lipinski definition) is 3. The van der Waals surface area contributed by atoms with Gasteiger partial charge in [0.1, 0.15) is 0 Å². The minimum absolute atomic E-state index is 0.228. The van der Waals surface area contributed by atoms with Gasteiger partial charge in [0.2, 0.25) is 5.91 Å². The molecule has 2 rings (SSSR count). The van der Waals surface area contributed by atoms with Gasteiger partial charge in [-0.25, -0.2) is 4.68 Å². The highest BCUT2D eigenvalue weighted by Gasteiger charge is 2.18. The van der Waals surface area contributed by atoms with E-state index in [0.717, 1.165) is 32.4 Å². The van der Waals surface area contributed by atoms with E-state index in [0.29, 0.717) is 31.1 Å². The zero-order valence-electron chi connectivity index (χ0n) is 12.0. The molecule has 0 atom stereocenters. The molecule has 8 nitrogen and oxygen atoms in total. The molecule has 0 aromatic carbocycles. The molecule has 0 aliphatic carbocycles. The number of amides is 2. The van der Waals surface area contributed by atoms with Crippen molar-refractivity contribution in [2.24, 2.45) is 5.73 Å². The molecular formula is C13H22N6O2. The van der Waals surface area contributed by atoms with Crippen LogP contribution in [0.4, 0.5) is 0 Å². The Hall–Kier alpha value is -1.96. The maximum atomic E-state index is 11.9. The number of nitrogens with two attached hydrogens (primary N) is 1. The van der Waals surface area contributed by atoms with Crippen molar-refractivity contribution in [1.29, 1.82) is 0 Å². The summed E-state index contributed by atoms with van der Waals surface area (Å²) in [6, 6.07) is 0.316. The summed E-state index contributed by atoms with van der Waals surface area (Å²) in [5, 5.41) is 14.0. The van der Waals surface area contributed by atoms with Crippen molar-refractivity contribution in [3.63, 3.8) is 0 Å². The van der Waals surface area contributed by atoms with Crippen LogP contribution in [0.2, 0.25) is 0 Å². The van der Waals surface area contributed by atoms with Gasteiger partial charge in [-0.1, -0.05) is 5.21 Å². The van der Waals surface area contributed by atoms with Gasteiger partial charge in [-0.05, 0) is 38.8 Å². The summed E-state index contributed by atoms with van der Waals surface area (Å²) >= 11 is 0. The Labute approximate surface area is 123 Å². The second kappa shape index (κ2) is 7.72. The zero-order chi connectivity index (χ0) is 15.1. The molecule has 4 N–H and O–H groups in total. The number of aromatic nitrogens is 3. The Bertz CT molecular complexity index is 481. The third-order valence-corrected chi connectivity index (χ3v) is 3.56. The number of carbonyl (C=O) groups excluding carboxylic acids is 2. The summed E-state index contributed by atoms with van der Waals surface area (Å²) in [5.41, 5.74) is 5.38. The van der Waals surface area contributed by atoms with Crippen LogP contribution in [-0.4, -0.2) is 46.4 Å². The first-order valence-electron chi connectivity index (χ1n) is 7.36. The highest BCUT2D eigenvalue weighted by atomic mass is 16.2. The number of rotatable bonds is 7. The zero-order valence-corrected chi connectivity index (χ0v) is 12.0. The first kappa shape index (κ1) is 15.4. The Balaban J connectivity index is 1.75. The van der Waals surface area contributed by atoms with E-state index >= 15 is 0 Å². The molecule has 1 saturated heterocycles. The van der Waals surface area contributed by atoms with Crippen molar-refractivity contribution in [3.05, 3.63) is 11.9 Å². The second-order valence-electron chi connectivity index (χ2n) is 5.24. The fourth-order valence-corrected chi connectivity index (χ4v) is 2.35. The molecule has 2 heterocycles. The molecule has 1 aromatic rings. The SMILES string of the molecule is NC(=O)CCCCNC(=O)c1cn(C2CCNCC2)nn1. The van der Waals surface area contributed by atoms with Gasteiger partial charge in [0, 0.05) is 13.0 Å². The molecule has 0 radical (unpaired) electrons. The summed E-state index contributed by atoms with van der Waals surface area (Å²) in [6.45, 7) is 2.43. The molecule has 0 saturated carbocycles. The van der Waals surface area contributed by atoms with Crippen molar-refractivity contribution in [1.82, 2.24) is 25.6 Å². The Morgan fingerprint density at radius 1 is 1.38 bits per heavy atom. The van der Waals surface area contributed by atoms with Gasteiger partial charge in [0.05, 0.1) is 12.2 Å². The molecule has 1 aromatic heterocycles. The molecule has 1 aliphatic heterocycles. The maximum Gasteiger partial charge on any atom is 0.273 e. The van der Waals surface area contributed by atoms with Crippen molar-refractivity contribution < 1.29 is 9.59 Å². The molecule has 1 aliphatic rings. The lowest BCUT2D eigenvalue weighted by molar-refractivity contribution is -0.118. The predicted octanol–water partition coefficient (Wildman–Crippen LogP) is -0.412. The third kappa shape index (κ3) is 4.82. The monoisotopic (exact) mass is 294 g/mol. The molecule has 0 unspecified atom stereocenters. The third-order valence-electron chi connectivity index (χ3n) is 3.56. The van der Waals surface area contributed by atoms with Crippen LogP contribution in [0.3, 0.4) is 0 Å². The number of hydrogen-bond acceptors (Lipinski definition) is 5. The van der Waals surface area contributed by atoms with Gasteiger partial charge < -0.3 is 16.4 Å². The highest BCUT2D eigenvalue weighted by Crippen LogP contribution is 2.16. The van der Waals surface area contributed by atoms with Gasteiger partial charge >= 0.3 is 0 Å². The van der Waals surface area contributed by atoms with Crippen LogP contribution < -0.4 is 16.4 Å². The summed E-state index contributed by atoms with van der Waals surface area (Å²) < 4.78 is 1.78. The molecule has 1 fully saturated rings. The molecule has 0 spiro atoms. The molecular weight excluding hydrogens is 272 g/mol. The Morgan fingerprint density at radius 2 is 2.14 bits per heavy atom. The van der Waals surface area contributed by atoms with Gasteiger partial charge in [-0.3, -0.25) is 9.59 Å². The van der Waals surface area contributed by atoms with Crippen molar-refractivity contribution in [3.8, 4) is 0 Å². The minimum Gasteiger partial charge on any atom is -0.370 e. The fourth-order valence-electron chi connectivity index (χ4n) is 2.35. The number of carbonyl (C=O) groups is 2. The van der Waals surface area contributed by atoms with Gasteiger partial charge in [0.25, 0.3) is 5.91 Å². The Morgan fingerprint density at radius 3 is 2.86 bits per heavy atom. The van der Waals surface area contributed by atoms with Crippen LogP contribution in [0, 0.1) is 0 Å². The number of nitrogens with one attached hydrogen (secondary N) is 2. The first-order valence-corrected chi connectivity index (χ1v) is 7.36. The van der Waals surface area contributed by atoms with E-state index in [-0.39, 0.29) is 11.8 Å². The number of primary amides is 1. The standard InChI is InChI=1S/C13H22N6O2/c14-12(20)3-1-2-6-16-13(21)11-9-19(18-17-11)10-4-7-15-8-5-10/h9-10,15H,1-8H2,(H2,14,20)(H,16,21). The quantitative estimate of drug-likeness (QED) is 0.591. The van der Waals surface area contributed by atoms with E-state index in [4.69, 9.17) is 5.73 Å². The number of nitrogens with zero attached hydrogens (tertiary/aromatic N) is 3. The van der Waals surface area contributed by atoms with Gasteiger partial charge in [-0.2, -0.15) is 0 Å². The lowest BCUT2D eigenvalue weighted by Crippen LogP contribution is -2.29. The van der Waals surface area contributed by atoms with E-state index in [9.17, 15) is 9.59 Å². The van der Waals surface area contributed by atoms with E-state index in [1.165, 1.54) is 0 Å². The summed E-state index contributed by atoms with van der Waals surface area (Å²) in [6.07, 6.45) is 5.44. The van der Waals surface area contributed by atoms with Crippen molar-refractivity contribution >= 4 is 11.8 Å². The lowest BCUT2D eigenvalue weighted by Gasteiger charge is -2.22. The molecule has 116 valence electrons. The average Bonchev–Trinajstić information content (AvgIpc) is 2.97. The lowest BCUT2D eigenvalue weighted by atomic mass is 10.1. The van der Waals surface area contributed by atoms with Crippen LogP contribution >= 0.6 is 0 Å². The smallest absolute Gasteiger partial charge is 0.273 e. The minimum atomic E-state index is -0.314. The molecule has 21 heavy (non-hydrogen) atoms. The van der Waals surface area contributed by atoms with Crippen LogP contribution in [0.1, 0.15) is 48.6 Å². The topological polar surface area (TPSA) is 115 Å². The van der Waals surface area contributed by atoms with E-state index in [2.05, 4.69) is 20.9 Å². The van der Waals surface area contributed by atoms with Crippen LogP contribution in [0.25, 0.3) is 0 Å². The first-order chi connectivity index (χ1) is 10.2. The fraction of sp³-hybridized carbons (Fsp3) is 0.692. The predicted molar refractivity (Wildman–Crippen MR) is 76.5 cm³/mol. The van der Waals surface area contributed by atoms with E-state index < -0.39 is 0 Å². The number of unbranched alkanes of at least 4 members (excludes halogenated alkanes) is 1. The number of piperidine rings is 1. The normalized spacial score (nSPS) is 15.8. The average molecular weight is 294 g/mol. The molecule has 2 amide bonds. The summed E-state index contributed by atoms with van der Waals surface area (Å²) in [5.74, 6) is -0.541. The maximum absolute atomic E-state index is 11.9.